The molecule has 0 aromatic heterocycles. The average Bonchev–Trinajstić information content (AvgIpc) is 2.28. The molecule has 2 unspecified atom stereocenters. The Hall–Kier alpha value is -0.810. The molecule has 1 saturated heterocycles. The first-order valence-corrected chi connectivity index (χ1v) is 5.36. The molecule has 2 N–H and O–H groups in total. The van der Waals surface area contributed by atoms with Gasteiger partial charge in [0, 0.05) is 26.3 Å². The minimum atomic E-state index is -0.487. The molecule has 0 aromatic rings. The van der Waals surface area contributed by atoms with Gasteiger partial charge in [0.2, 0.25) is 0 Å². The number of nitrogens with zero attached hydrogens (tertiary/aromatic N) is 1. The van der Waals surface area contributed by atoms with E-state index in [9.17, 15) is 4.79 Å². The molecule has 5 heteroatoms. The van der Waals surface area contributed by atoms with Crippen LogP contribution in [0.4, 0.5) is 4.79 Å². The van der Waals surface area contributed by atoms with Crippen molar-refractivity contribution in [2.75, 3.05) is 20.3 Å². The van der Waals surface area contributed by atoms with Gasteiger partial charge in [-0.3, -0.25) is 0 Å². The Balaban J connectivity index is 2.32. The van der Waals surface area contributed by atoms with E-state index in [0.29, 0.717) is 5.92 Å². The Morgan fingerprint density at radius 3 is 3.00 bits per heavy atom. The fraction of sp³-hybridized carbons (Fsp3) is 0.900. The first-order valence-electron chi connectivity index (χ1n) is 5.36. The van der Waals surface area contributed by atoms with Crippen molar-refractivity contribution in [1.82, 2.24) is 4.90 Å². The Kier molecular flexibility index (Phi) is 4.84. The Labute approximate surface area is 90.5 Å². The topological polar surface area (TPSA) is 64.8 Å². The van der Waals surface area contributed by atoms with E-state index in [0.717, 1.165) is 26.1 Å². The van der Waals surface area contributed by atoms with Crippen molar-refractivity contribution in [2.24, 2.45) is 11.8 Å². The number of hydrogen-bond acceptors (Lipinski definition) is 4. The number of amides is 1. The summed E-state index contributed by atoms with van der Waals surface area (Å²) in [4.78, 5) is 16.8. The SMILES string of the molecule is CC(CC1CCCOC1)N(C)C(=O)ON. The molecule has 1 fully saturated rings. The molecule has 0 spiro atoms. The van der Waals surface area contributed by atoms with Crippen LogP contribution in [0.2, 0.25) is 0 Å². The number of rotatable bonds is 3. The van der Waals surface area contributed by atoms with Crippen LogP contribution in [0.3, 0.4) is 0 Å². The standard InChI is InChI=1S/C10H20N2O3/c1-8(12(2)10(13)15-11)6-9-4-3-5-14-7-9/h8-9H,3-7,11H2,1-2H3. The minimum absolute atomic E-state index is 0.132. The molecule has 0 radical (unpaired) electrons. The summed E-state index contributed by atoms with van der Waals surface area (Å²) in [6.45, 7) is 3.66. The van der Waals surface area contributed by atoms with Crippen molar-refractivity contribution in [2.45, 2.75) is 32.2 Å². The van der Waals surface area contributed by atoms with Gasteiger partial charge in [-0.25, -0.2) is 4.79 Å². The van der Waals surface area contributed by atoms with Crippen molar-refractivity contribution in [1.29, 1.82) is 0 Å². The van der Waals surface area contributed by atoms with Crippen LogP contribution >= 0.6 is 0 Å². The zero-order valence-electron chi connectivity index (χ0n) is 9.44. The van der Waals surface area contributed by atoms with Crippen molar-refractivity contribution >= 4 is 6.09 Å². The van der Waals surface area contributed by atoms with Crippen LogP contribution in [-0.4, -0.2) is 37.3 Å². The molecule has 1 heterocycles. The van der Waals surface area contributed by atoms with Crippen molar-refractivity contribution in [3.63, 3.8) is 0 Å². The molecule has 1 rings (SSSR count). The Bertz CT molecular complexity index is 205. The van der Waals surface area contributed by atoms with E-state index in [-0.39, 0.29) is 6.04 Å². The van der Waals surface area contributed by atoms with E-state index < -0.39 is 6.09 Å². The molecular formula is C10H20N2O3. The second kappa shape index (κ2) is 5.92. The van der Waals surface area contributed by atoms with E-state index in [1.807, 2.05) is 6.92 Å². The van der Waals surface area contributed by atoms with Gasteiger partial charge in [0.15, 0.2) is 0 Å². The predicted molar refractivity (Wildman–Crippen MR) is 56.1 cm³/mol. The van der Waals surface area contributed by atoms with E-state index >= 15 is 0 Å². The highest BCUT2D eigenvalue weighted by atomic mass is 16.7. The second-order valence-electron chi connectivity index (χ2n) is 4.16. The number of hydrogen-bond donors (Lipinski definition) is 1. The molecule has 88 valence electrons. The van der Waals surface area contributed by atoms with E-state index in [2.05, 4.69) is 4.84 Å². The van der Waals surface area contributed by atoms with Gasteiger partial charge < -0.3 is 14.5 Å². The fourth-order valence-electron chi connectivity index (χ4n) is 1.90. The summed E-state index contributed by atoms with van der Waals surface area (Å²) in [6.07, 6.45) is 2.74. The summed E-state index contributed by atoms with van der Waals surface area (Å²) < 4.78 is 5.39. The summed E-state index contributed by atoms with van der Waals surface area (Å²) in [7, 11) is 1.70. The molecule has 15 heavy (non-hydrogen) atoms. The molecule has 1 aliphatic rings. The lowest BCUT2D eigenvalue weighted by Gasteiger charge is -2.29. The normalized spacial score (nSPS) is 23.3. The molecule has 0 bridgehead atoms. The monoisotopic (exact) mass is 216 g/mol. The first-order chi connectivity index (χ1) is 7.15. The third-order valence-corrected chi connectivity index (χ3v) is 2.98. The second-order valence-corrected chi connectivity index (χ2v) is 4.16. The summed E-state index contributed by atoms with van der Waals surface area (Å²) >= 11 is 0. The van der Waals surface area contributed by atoms with Gasteiger partial charge in [-0.2, -0.15) is 5.90 Å². The van der Waals surface area contributed by atoms with Gasteiger partial charge in [0.1, 0.15) is 0 Å². The zero-order valence-corrected chi connectivity index (χ0v) is 9.44. The van der Waals surface area contributed by atoms with Crippen molar-refractivity contribution in [3.05, 3.63) is 0 Å². The van der Waals surface area contributed by atoms with E-state index in [4.69, 9.17) is 10.6 Å². The highest BCUT2D eigenvalue weighted by Crippen LogP contribution is 2.20. The number of nitrogens with two attached hydrogens (primary N) is 1. The highest BCUT2D eigenvalue weighted by molar-refractivity contribution is 5.67. The van der Waals surface area contributed by atoms with E-state index in [1.165, 1.54) is 11.3 Å². The van der Waals surface area contributed by atoms with Crippen LogP contribution in [-0.2, 0) is 9.57 Å². The molecule has 1 amide bonds. The van der Waals surface area contributed by atoms with Gasteiger partial charge in [-0.1, -0.05) is 0 Å². The highest BCUT2D eigenvalue weighted by Gasteiger charge is 2.22. The summed E-state index contributed by atoms with van der Waals surface area (Å²) in [5.41, 5.74) is 0. The van der Waals surface area contributed by atoms with Crippen LogP contribution in [0.5, 0.6) is 0 Å². The molecule has 5 nitrogen and oxygen atoms in total. The molecule has 0 saturated carbocycles. The van der Waals surface area contributed by atoms with Crippen LogP contribution < -0.4 is 5.90 Å². The molecule has 0 aliphatic carbocycles. The smallest absolute Gasteiger partial charge is 0.381 e. The van der Waals surface area contributed by atoms with Gasteiger partial charge in [-0.15, -0.1) is 0 Å². The van der Waals surface area contributed by atoms with Crippen molar-refractivity contribution in [3.8, 4) is 0 Å². The van der Waals surface area contributed by atoms with Crippen LogP contribution in [0.1, 0.15) is 26.2 Å². The maximum absolute atomic E-state index is 11.1. The molecule has 0 aromatic carbocycles. The predicted octanol–water partition coefficient (Wildman–Crippen LogP) is 1.13. The van der Waals surface area contributed by atoms with Gasteiger partial charge in [0.25, 0.3) is 0 Å². The van der Waals surface area contributed by atoms with Crippen LogP contribution in [0, 0.1) is 5.92 Å². The lowest BCUT2D eigenvalue weighted by Crippen LogP contribution is -2.38. The van der Waals surface area contributed by atoms with Crippen molar-refractivity contribution < 1.29 is 14.4 Å². The summed E-state index contributed by atoms with van der Waals surface area (Å²) in [5.74, 6) is 5.37. The maximum Gasteiger partial charge on any atom is 0.428 e. The Morgan fingerprint density at radius 2 is 2.47 bits per heavy atom. The third kappa shape index (κ3) is 3.68. The Morgan fingerprint density at radius 1 is 1.73 bits per heavy atom. The largest absolute Gasteiger partial charge is 0.428 e. The van der Waals surface area contributed by atoms with Crippen LogP contribution in [0.15, 0.2) is 0 Å². The summed E-state index contributed by atoms with van der Waals surface area (Å²) in [5, 5.41) is 0. The fourth-order valence-corrected chi connectivity index (χ4v) is 1.90. The number of carbonyl (C=O) groups is 1. The molecular weight excluding hydrogens is 196 g/mol. The zero-order chi connectivity index (χ0) is 11.3. The number of ether oxygens (including phenoxy) is 1. The van der Waals surface area contributed by atoms with E-state index in [1.54, 1.807) is 7.05 Å². The maximum atomic E-state index is 11.1. The van der Waals surface area contributed by atoms with Gasteiger partial charge >= 0.3 is 6.09 Å². The lowest BCUT2D eigenvalue weighted by molar-refractivity contribution is 0.0386. The lowest BCUT2D eigenvalue weighted by atomic mass is 9.94. The van der Waals surface area contributed by atoms with Gasteiger partial charge in [0.05, 0.1) is 0 Å². The van der Waals surface area contributed by atoms with Gasteiger partial charge in [-0.05, 0) is 32.1 Å². The minimum Gasteiger partial charge on any atom is -0.381 e. The quantitative estimate of drug-likeness (QED) is 0.718. The number of carbonyl (C=O) groups excluding carboxylic acids is 1. The first kappa shape index (κ1) is 12.3. The third-order valence-electron chi connectivity index (χ3n) is 2.98. The van der Waals surface area contributed by atoms with Crippen LogP contribution in [0.25, 0.3) is 0 Å². The summed E-state index contributed by atoms with van der Waals surface area (Å²) in [6, 6.07) is 0.132. The average molecular weight is 216 g/mol. The molecule has 2 atom stereocenters. The molecule has 1 aliphatic heterocycles.